The van der Waals surface area contributed by atoms with E-state index in [1.165, 1.54) is 25.7 Å². The average Bonchev–Trinajstić information content (AvgIpc) is 2.60. The lowest BCUT2D eigenvalue weighted by Crippen LogP contribution is -2.11. The van der Waals surface area contributed by atoms with E-state index in [9.17, 15) is 4.79 Å². The van der Waals surface area contributed by atoms with E-state index in [2.05, 4.69) is 0 Å². The summed E-state index contributed by atoms with van der Waals surface area (Å²) in [7, 11) is 0. The highest BCUT2D eigenvalue weighted by Crippen LogP contribution is 2.49. The molecule has 3 atom stereocenters. The summed E-state index contributed by atoms with van der Waals surface area (Å²) in [6.45, 7) is 0. The van der Waals surface area contributed by atoms with Crippen molar-refractivity contribution in [3.05, 3.63) is 0 Å². The molecule has 1 N–H and O–H groups in total. The van der Waals surface area contributed by atoms with E-state index < -0.39 is 5.97 Å². The molecule has 0 aromatic heterocycles. The summed E-state index contributed by atoms with van der Waals surface area (Å²) >= 11 is 0. The van der Waals surface area contributed by atoms with E-state index in [1.807, 2.05) is 0 Å². The SMILES string of the molecule is O=C(O)CC[C@H]1C[C@@H]2CC[C@H]1C2. The van der Waals surface area contributed by atoms with Crippen molar-refractivity contribution in [3.63, 3.8) is 0 Å². The van der Waals surface area contributed by atoms with Gasteiger partial charge >= 0.3 is 5.97 Å². The van der Waals surface area contributed by atoms with Gasteiger partial charge in [-0.15, -0.1) is 0 Å². The maximum absolute atomic E-state index is 10.4. The van der Waals surface area contributed by atoms with Crippen molar-refractivity contribution in [3.8, 4) is 0 Å². The summed E-state index contributed by atoms with van der Waals surface area (Å²) in [5.41, 5.74) is 0. The lowest BCUT2D eigenvalue weighted by atomic mass is 9.85. The predicted molar refractivity (Wildman–Crippen MR) is 45.8 cm³/mol. The molecule has 0 aliphatic heterocycles. The summed E-state index contributed by atoms with van der Waals surface area (Å²) in [6.07, 6.45) is 6.80. The van der Waals surface area contributed by atoms with Crippen LogP contribution in [0.2, 0.25) is 0 Å². The Morgan fingerprint density at radius 3 is 2.67 bits per heavy atom. The smallest absolute Gasteiger partial charge is 0.303 e. The Kier molecular flexibility index (Phi) is 2.07. The van der Waals surface area contributed by atoms with E-state index in [0.29, 0.717) is 6.42 Å². The maximum Gasteiger partial charge on any atom is 0.303 e. The minimum atomic E-state index is -0.627. The summed E-state index contributed by atoms with van der Waals surface area (Å²) in [5, 5.41) is 8.54. The van der Waals surface area contributed by atoms with Crippen LogP contribution in [0.25, 0.3) is 0 Å². The molecular formula is C10H16O2. The van der Waals surface area contributed by atoms with Crippen molar-refractivity contribution >= 4 is 5.97 Å². The fraction of sp³-hybridized carbons (Fsp3) is 0.900. The van der Waals surface area contributed by atoms with Gasteiger partial charge in [-0.05, 0) is 43.4 Å². The van der Waals surface area contributed by atoms with Crippen LogP contribution >= 0.6 is 0 Å². The summed E-state index contributed by atoms with van der Waals surface area (Å²) in [5.74, 6) is 1.96. The van der Waals surface area contributed by atoms with Crippen LogP contribution in [-0.4, -0.2) is 11.1 Å². The molecule has 0 heterocycles. The fourth-order valence-corrected chi connectivity index (χ4v) is 3.04. The minimum absolute atomic E-state index is 0.383. The molecule has 0 aromatic rings. The number of aliphatic carboxylic acids is 1. The van der Waals surface area contributed by atoms with Gasteiger partial charge in [0.2, 0.25) is 0 Å². The van der Waals surface area contributed by atoms with Gasteiger partial charge in [0.25, 0.3) is 0 Å². The maximum atomic E-state index is 10.4. The number of carbonyl (C=O) groups is 1. The number of fused-ring (bicyclic) bond motifs is 2. The van der Waals surface area contributed by atoms with Gasteiger partial charge in [-0.25, -0.2) is 0 Å². The normalized spacial score (nSPS) is 38.8. The third-order valence-corrected chi connectivity index (χ3v) is 3.61. The molecule has 0 unspecified atom stereocenters. The number of hydrogen-bond donors (Lipinski definition) is 1. The number of rotatable bonds is 3. The first-order chi connectivity index (χ1) is 5.75. The molecule has 0 aromatic carbocycles. The van der Waals surface area contributed by atoms with Crippen LogP contribution in [0.3, 0.4) is 0 Å². The summed E-state index contributed by atoms with van der Waals surface area (Å²) < 4.78 is 0. The third kappa shape index (κ3) is 1.47. The Balaban J connectivity index is 1.79. The molecule has 2 heteroatoms. The van der Waals surface area contributed by atoms with Gasteiger partial charge in [-0.1, -0.05) is 6.42 Å². The van der Waals surface area contributed by atoms with Crippen molar-refractivity contribution in [1.82, 2.24) is 0 Å². The molecule has 2 saturated carbocycles. The van der Waals surface area contributed by atoms with E-state index in [4.69, 9.17) is 5.11 Å². The van der Waals surface area contributed by atoms with Crippen molar-refractivity contribution in [2.75, 3.05) is 0 Å². The largest absolute Gasteiger partial charge is 0.481 e. The predicted octanol–water partition coefficient (Wildman–Crippen LogP) is 2.29. The highest BCUT2D eigenvalue weighted by Gasteiger charge is 2.38. The third-order valence-electron chi connectivity index (χ3n) is 3.61. The molecule has 68 valence electrons. The molecule has 0 amide bonds. The van der Waals surface area contributed by atoms with Gasteiger partial charge in [0.05, 0.1) is 0 Å². The molecular weight excluding hydrogens is 152 g/mol. The molecule has 0 spiro atoms. The molecule has 2 aliphatic carbocycles. The zero-order valence-corrected chi connectivity index (χ0v) is 7.33. The second-order valence-corrected chi connectivity index (χ2v) is 4.37. The molecule has 2 fully saturated rings. The van der Waals surface area contributed by atoms with Gasteiger partial charge in [0.15, 0.2) is 0 Å². The molecule has 0 saturated heterocycles. The van der Waals surface area contributed by atoms with E-state index in [0.717, 1.165) is 24.2 Å². The Labute approximate surface area is 73.0 Å². The molecule has 12 heavy (non-hydrogen) atoms. The monoisotopic (exact) mass is 168 g/mol. The lowest BCUT2D eigenvalue weighted by Gasteiger charge is -2.20. The summed E-state index contributed by atoms with van der Waals surface area (Å²) in [6, 6.07) is 0. The van der Waals surface area contributed by atoms with Crippen molar-refractivity contribution in [2.45, 2.75) is 38.5 Å². The average molecular weight is 168 g/mol. The number of hydrogen-bond acceptors (Lipinski definition) is 1. The minimum Gasteiger partial charge on any atom is -0.481 e. The molecule has 2 nitrogen and oxygen atoms in total. The Bertz CT molecular complexity index is 188. The standard InChI is InChI=1S/C10H16O2/c11-10(12)4-3-9-6-7-1-2-8(9)5-7/h7-9H,1-6H2,(H,11,12)/t7-,8+,9+/m1/s1. The highest BCUT2D eigenvalue weighted by atomic mass is 16.4. The van der Waals surface area contributed by atoms with Crippen LogP contribution in [0.4, 0.5) is 0 Å². The van der Waals surface area contributed by atoms with Crippen LogP contribution in [0.5, 0.6) is 0 Å². The molecule has 2 rings (SSSR count). The molecule has 0 radical (unpaired) electrons. The van der Waals surface area contributed by atoms with E-state index in [-0.39, 0.29) is 0 Å². The van der Waals surface area contributed by atoms with Crippen LogP contribution in [0.15, 0.2) is 0 Å². The second kappa shape index (κ2) is 3.08. The van der Waals surface area contributed by atoms with Gasteiger partial charge in [0.1, 0.15) is 0 Å². The Morgan fingerprint density at radius 1 is 1.33 bits per heavy atom. The van der Waals surface area contributed by atoms with Crippen LogP contribution < -0.4 is 0 Å². The topological polar surface area (TPSA) is 37.3 Å². The van der Waals surface area contributed by atoms with E-state index >= 15 is 0 Å². The lowest BCUT2D eigenvalue weighted by molar-refractivity contribution is -0.137. The molecule has 2 bridgehead atoms. The first-order valence-electron chi connectivity index (χ1n) is 4.97. The number of carboxylic acid groups (broad SMARTS) is 1. The second-order valence-electron chi connectivity index (χ2n) is 4.37. The van der Waals surface area contributed by atoms with Gasteiger partial charge in [-0.2, -0.15) is 0 Å². The highest BCUT2D eigenvalue weighted by molar-refractivity contribution is 5.66. The zero-order chi connectivity index (χ0) is 8.55. The molecule has 2 aliphatic rings. The first-order valence-corrected chi connectivity index (χ1v) is 4.97. The Hall–Kier alpha value is -0.530. The van der Waals surface area contributed by atoms with Crippen LogP contribution in [0.1, 0.15) is 38.5 Å². The van der Waals surface area contributed by atoms with Gasteiger partial charge in [-0.3, -0.25) is 4.79 Å². The summed E-state index contributed by atoms with van der Waals surface area (Å²) in [4.78, 5) is 10.4. The van der Waals surface area contributed by atoms with Crippen molar-refractivity contribution in [1.29, 1.82) is 0 Å². The van der Waals surface area contributed by atoms with Gasteiger partial charge < -0.3 is 5.11 Å². The van der Waals surface area contributed by atoms with Crippen LogP contribution in [-0.2, 0) is 4.79 Å². The quantitative estimate of drug-likeness (QED) is 0.702. The van der Waals surface area contributed by atoms with Crippen molar-refractivity contribution < 1.29 is 9.90 Å². The van der Waals surface area contributed by atoms with Crippen molar-refractivity contribution in [2.24, 2.45) is 17.8 Å². The van der Waals surface area contributed by atoms with Gasteiger partial charge in [0, 0.05) is 6.42 Å². The number of carboxylic acids is 1. The van der Waals surface area contributed by atoms with E-state index in [1.54, 1.807) is 0 Å². The Morgan fingerprint density at radius 2 is 2.17 bits per heavy atom. The fourth-order valence-electron chi connectivity index (χ4n) is 3.04. The van der Waals surface area contributed by atoms with Crippen LogP contribution in [0, 0.1) is 17.8 Å². The first kappa shape index (κ1) is 8.09. The zero-order valence-electron chi connectivity index (χ0n) is 7.33.